The van der Waals surface area contributed by atoms with Crippen molar-refractivity contribution in [1.82, 2.24) is 19.7 Å². The van der Waals surface area contributed by atoms with Crippen molar-refractivity contribution in [1.29, 1.82) is 0 Å². The molecule has 0 aliphatic carbocycles. The third kappa shape index (κ3) is 4.90. The molecule has 4 rings (SSSR count). The van der Waals surface area contributed by atoms with Crippen LogP contribution in [0.25, 0.3) is 10.9 Å². The number of halogens is 1. The van der Waals surface area contributed by atoms with Crippen LogP contribution in [0.1, 0.15) is 43.6 Å². The normalized spacial score (nSPS) is 19.7. The Hall–Kier alpha value is -2.05. The minimum atomic E-state index is 0.0187. The van der Waals surface area contributed by atoms with Crippen LogP contribution in [0.15, 0.2) is 24.3 Å². The fourth-order valence-corrected chi connectivity index (χ4v) is 5.17. The highest BCUT2D eigenvalue weighted by Crippen LogP contribution is 2.28. The van der Waals surface area contributed by atoms with Gasteiger partial charge in [0.2, 0.25) is 5.91 Å². The first kappa shape index (κ1) is 22.2. The number of nitrogens with zero attached hydrogens (tertiary/aromatic N) is 3. The van der Waals surface area contributed by atoms with Gasteiger partial charge in [0.1, 0.15) is 5.69 Å². The lowest BCUT2D eigenvalue weighted by molar-refractivity contribution is -0.139. The lowest BCUT2D eigenvalue weighted by atomic mass is 9.84. The van der Waals surface area contributed by atoms with E-state index >= 15 is 0 Å². The maximum atomic E-state index is 13.0. The van der Waals surface area contributed by atoms with Crippen molar-refractivity contribution in [2.45, 2.75) is 33.1 Å². The van der Waals surface area contributed by atoms with Crippen molar-refractivity contribution >= 4 is 34.3 Å². The smallest absolute Gasteiger partial charge is 0.270 e. The summed E-state index contributed by atoms with van der Waals surface area (Å²) in [5.41, 5.74) is 1.52. The number of benzene rings is 1. The third-order valence-electron chi connectivity index (χ3n) is 6.96. The van der Waals surface area contributed by atoms with Crippen LogP contribution in [-0.4, -0.2) is 77.3 Å². The number of hydrogen-bond acceptors (Lipinski definition) is 3. The van der Waals surface area contributed by atoms with E-state index in [4.69, 9.17) is 11.6 Å². The summed E-state index contributed by atoms with van der Waals surface area (Å²) in [6.07, 6.45) is 2.91. The van der Waals surface area contributed by atoms with Crippen molar-refractivity contribution in [3.8, 4) is 0 Å². The van der Waals surface area contributed by atoms with Gasteiger partial charge in [-0.3, -0.25) is 14.5 Å². The molecule has 0 saturated carbocycles. The monoisotopic (exact) mass is 444 g/mol. The maximum Gasteiger partial charge on any atom is 0.270 e. The summed E-state index contributed by atoms with van der Waals surface area (Å²) in [6, 6.07) is 7.46. The second-order valence-electron chi connectivity index (χ2n) is 9.00. The molecule has 0 spiro atoms. The number of hydrogen-bond donors (Lipinski definition) is 1. The SMILES string of the molecule is CCCN1CCN(C(=O)C(C)C2CCN(C(=O)c3cc4cc(Cl)ccc4[nH]3)CC2)CC1. The summed E-state index contributed by atoms with van der Waals surface area (Å²) in [7, 11) is 0. The Morgan fingerprint density at radius 2 is 1.77 bits per heavy atom. The minimum Gasteiger partial charge on any atom is -0.351 e. The van der Waals surface area contributed by atoms with E-state index in [-0.39, 0.29) is 17.7 Å². The first-order chi connectivity index (χ1) is 15.0. The van der Waals surface area contributed by atoms with Crippen LogP contribution in [0.5, 0.6) is 0 Å². The van der Waals surface area contributed by atoms with Crippen molar-refractivity contribution < 1.29 is 9.59 Å². The molecule has 2 amide bonds. The molecule has 2 aromatic rings. The summed E-state index contributed by atoms with van der Waals surface area (Å²) < 4.78 is 0. The fraction of sp³-hybridized carbons (Fsp3) is 0.583. The second kappa shape index (κ2) is 9.61. The summed E-state index contributed by atoms with van der Waals surface area (Å²) >= 11 is 6.06. The van der Waals surface area contributed by atoms with Crippen LogP contribution in [0, 0.1) is 11.8 Å². The zero-order valence-electron chi connectivity index (χ0n) is 18.6. The van der Waals surface area contributed by atoms with Gasteiger partial charge >= 0.3 is 0 Å². The number of likely N-dealkylation sites (tertiary alicyclic amines) is 1. The predicted molar refractivity (Wildman–Crippen MR) is 124 cm³/mol. The van der Waals surface area contributed by atoms with Crippen LogP contribution >= 0.6 is 11.6 Å². The molecule has 1 aromatic carbocycles. The number of carbonyl (C=O) groups is 2. The Morgan fingerprint density at radius 3 is 2.45 bits per heavy atom. The number of piperazine rings is 1. The van der Waals surface area contributed by atoms with Gasteiger partial charge in [-0.15, -0.1) is 0 Å². The number of carbonyl (C=O) groups excluding carboxylic acids is 2. The van der Waals surface area contributed by atoms with Crippen LogP contribution in [0.4, 0.5) is 0 Å². The number of amides is 2. The van der Waals surface area contributed by atoms with Gasteiger partial charge in [-0.05, 0) is 56.0 Å². The number of rotatable bonds is 5. The molecule has 1 aromatic heterocycles. The summed E-state index contributed by atoms with van der Waals surface area (Å²) in [4.78, 5) is 35.6. The number of nitrogens with one attached hydrogen (secondary N) is 1. The molecular weight excluding hydrogens is 412 g/mol. The molecular formula is C24H33ClN4O2. The number of H-pyrrole nitrogens is 1. The first-order valence-corrected chi connectivity index (χ1v) is 11.9. The molecule has 2 saturated heterocycles. The van der Waals surface area contributed by atoms with Gasteiger partial charge in [0.05, 0.1) is 0 Å². The maximum absolute atomic E-state index is 13.0. The topological polar surface area (TPSA) is 59.6 Å². The zero-order chi connectivity index (χ0) is 22.0. The van der Waals surface area contributed by atoms with Crippen LogP contribution in [-0.2, 0) is 4.79 Å². The summed E-state index contributed by atoms with van der Waals surface area (Å²) in [5, 5.41) is 1.61. The Balaban J connectivity index is 1.30. The molecule has 3 heterocycles. The van der Waals surface area contributed by atoms with E-state index < -0.39 is 0 Å². The third-order valence-corrected chi connectivity index (χ3v) is 7.20. The van der Waals surface area contributed by atoms with Crippen LogP contribution in [0.3, 0.4) is 0 Å². The average molecular weight is 445 g/mol. The molecule has 31 heavy (non-hydrogen) atoms. The van der Waals surface area contributed by atoms with E-state index in [0.717, 1.165) is 62.9 Å². The standard InChI is InChI=1S/C24H33ClN4O2/c1-3-8-27-11-13-29(14-12-27)23(30)17(2)18-6-9-28(10-7-18)24(31)22-16-19-15-20(25)4-5-21(19)26-22/h4-5,15-18,26H,3,6-14H2,1-2H3. The lowest BCUT2D eigenvalue weighted by Gasteiger charge is -2.39. The Kier molecular flexibility index (Phi) is 6.87. The lowest BCUT2D eigenvalue weighted by Crippen LogP contribution is -2.51. The summed E-state index contributed by atoms with van der Waals surface area (Å²) in [6.45, 7) is 10.4. The van der Waals surface area contributed by atoms with Gasteiger partial charge in [0.15, 0.2) is 0 Å². The van der Waals surface area contributed by atoms with E-state index in [2.05, 4.69) is 23.7 Å². The van der Waals surface area contributed by atoms with E-state index in [1.54, 1.807) is 0 Å². The predicted octanol–water partition coefficient (Wildman–Crippen LogP) is 3.86. The van der Waals surface area contributed by atoms with Crippen LogP contribution in [0.2, 0.25) is 5.02 Å². The van der Waals surface area contributed by atoms with Crippen molar-refractivity contribution in [3.05, 3.63) is 35.0 Å². The molecule has 1 N–H and O–H groups in total. The largest absolute Gasteiger partial charge is 0.351 e. The number of piperidine rings is 1. The van der Waals surface area contributed by atoms with Gasteiger partial charge in [-0.2, -0.15) is 0 Å². The quantitative estimate of drug-likeness (QED) is 0.761. The molecule has 0 bridgehead atoms. The van der Waals surface area contributed by atoms with Crippen molar-refractivity contribution in [3.63, 3.8) is 0 Å². The number of aromatic amines is 1. The minimum absolute atomic E-state index is 0.0187. The molecule has 168 valence electrons. The molecule has 0 radical (unpaired) electrons. The molecule has 1 unspecified atom stereocenters. The van der Waals surface area contributed by atoms with Gasteiger partial charge in [0.25, 0.3) is 5.91 Å². The van der Waals surface area contributed by atoms with Crippen LogP contribution < -0.4 is 0 Å². The fourth-order valence-electron chi connectivity index (χ4n) is 4.99. The molecule has 2 fully saturated rings. The molecule has 1 atom stereocenters. The Morgan fingerprint density at radius 1 is 1.06 bits per heavy atom. The van der Waals surface area contributed by atoms with E-state index in [1.807, 2.05) is 34.1 Å². The van der Waals surface area contributed by atoms with Gasteiger partial charge < -0.3 is 14.8 Å². The van der Waals surface area contributed by atoms with E-state index in [0.29, 0.717) is 29.7 Å². The molecule has 6 nitrogen and oxygen atoms in total. The van der Waals surface area contributed by atoms with E-state index in [9.17, 15) is 9.59 Å². The van der Waals surface area contributed by atoms with E-state index in [1.165, 1.54) is 0 Å². The number of aromatic nitrogens is 1. The number of fused-ring (bicyclic) bond motifs is 1. The van der Waals surface area contributed by atoms with Crippen molar-refractivity contribution in [2.24, 2.45) is 11.8 Å². The van der Waals surface area contributed by atoms with Gasteiger partial charge in [-0.25, -0.2) is 0 Å². The highest BCUT2D eigenvalue weighted by Gasteiger charge is 2.33. The highest BCUT2D eigenvalue weighted by atomic mass is 35.5. The molecule has 7 heteroatoms. The van der Waals surface area contributed by atoms with Gasteiger partial charge in [0, 0.05) is 61.1 Å². The average Bonchev–Trinajstić information content (AvgIpc) is 3.21. The first-order valence-electron chi connectivity index (χ1n) is 11.5. The second-order valence-corrected chi connectivity index (χ2v) is 9.44. The summed E-state index contributed by atoms with van der Waals surface area (Å²) in [5.74, 6) is 0.669. The van der Waals surface area contributed by atoms with Gasteiger partial charge in [-0.1, -0.05) is 25.4 Å². The van der Waals surface area contributed by atoms with Crippen molar-refractivity contribution in [2.75, 3.05) is 45.8 Å². The zero-order valence-corrected chi connectivity index (χ0v) is 19.3. The Bertz CT molecular complexity index is 927. The Labute approximate surface area is 189 Å². The highest BCUT2D eigenvalue weighted by molar-refractivity contribution is 6.31. The molecule has 2 aliphatic heterocycles. The molecule has 2 aliphatic rings.